The molecule has 0 amide bonds. The molecule has 110 valence electrons. The number of hydrogen-bond donors (Lipinski definition) is 2. The number of aromatic nitrogens is 2. The van der Waals surface area contributed by atoms with E-state index < -0.39 is 0 Å². The summed E-state index contributed by atoms with van der Waals surface area (Å²) >= 11 is 8.05. The second-order valence-corrected chi connectivity index (χ2v) is 7.49. The Morgan fingerprint density at radius 2 is 2.26 bits per heavy atom. The number of thioether (sulfide) groups is 1. The van der Waals surface area contributed by atoms with Gasteiger partial charge in [0.25, 0.3) is 0 Å². The minimum absolute atomic E-state index is 0.0314. The van der Waals surface area contributed by atoms with E-state index in [-0.39, 0.29) is 10.8 Å². The summed E-state index contributed by atoms with van der Waals surface area (Å²) in [6.45, 7) is 7.78. The van der Waals surface area contributed by atoms with Crippen LogP contribution in [0.3, 0.4) is 0 Å². The van der Waals surface area contributed by atoms with Gasteiger partial charge in [0, 0.05) is 17.6 Å². The topological polar surface area (TPSA) is 65.1 Å². The SMILES string of the molecule is COCCn1ncc(Cl)c1C(CSC(C)(C)C)NN. The van der Waals surface area contributed by atoms with Gasteiger partial charge in [-0.15, -0.1) is 0 Å². The largest absolute Gasteiger partial charge is 0.383 e. The molecule has 0 fully saturated rings. The molecule has 7 heteroatoms. The standard InChI is InChI=1S/C12H23ClN4OS/c1-12(2,3)19-8-10(16-14)11-9(13)7-15-17(11)5-6-18-4/h7,10,16H,5-6,8,14H2,1-4H3. The Morgan fingerprint density at radius 3 is 2.79 bits per heavy atom. The summed E-state index contributed by atoms with van der Waals surface area (Å²) in [6.07, 6.45) is 1.65. The monoisotopic (exact) mass is 306 g/mol. The Hall–Kier alpha value is -0.270. The molecule has 1 aromatic heterocycles. The van der Waals surface area contributed by atoms with E-state index in [1.807, 2.05) is 16.4 Å². The summed E-state index contributed by atoms with van der Waals surface area (Å²) in [7, 11) is 1.67. The first-order chi connectivity index (χ1) is 8.89. The molecule has 0 bridgehead atoms. The van der Waals surface area contributed by atoms with Gasteiger partial charge >= 0.3 is 0 Å². The van der Waals surface area contributed by atoms with Crippen LogP contribution in [0.1, 0.15) is 32.5 Å². The van der Waals surface area contributed by atoms with Crippen molar-refractivity contribution in [3.8, 4) is 0 Å². The van der Waals surface area contributed by atoms with Gasteiger partial charge in [-0.2, -0.15) is 16.9 Å². The van der Waals surface area contributed by atoms with Crippen LogP contribution in [0, 0.1) is 0 Å². The van der Waals surface area contributed by atoms with Gasteiger partial charge in [-0.25, -0.2) is 0 Å². The van der Waals surface area contributed by atoms with E-state index in [9.17, 15) is 0 Å². The lowest BCUT2D eigenvalue weighted by atomic mass is 10.2. The van der Waals surface area contributed by atoms with Crippen LogP contribution >= 0.6 is 23.4 Å². The van der Waals surface area contributed by atoms with Crippen LogP contribution in [0.5, 0.6) is 0 Å². The first kappa shape index (κ1) is 16.8. The first-order valence-corrected chi connectivity index (χ1v) is 7.55. The number of hydrazine groups is 1. The van der Waals surface area contributed by atoms with Crippen LogP contribution in [-0.4, -0.2) is 34.0 Å². The highest BCUT2D eigenvalue weighted by Gasteiger charge is 2.22. The summed E-state index contributed by atoms with van der Waals surface area (Å²) in [5, 5.41) is 4.90. The molecule has 1 unspecified atom stereocenters. The minimum atomic E-state index is -0.0314. The lowest BCUT2D eigenvalue weighted by Gasteiger charge is -2.23. The van der Waals surface area contributed by atoms with Crippen LogP contribution in [0.25, 0.3) is 0 Å². The Labute approximate surface area is 124 Å². The second-order valence-electron chi connectivity index (χ2n) is 5.24. The van der Waals surface area contributed by atoms with Gasteiger partial charge in [-0.05, 0) is 0 Å². The molecular formula is C12H23ClN4OS. The van der Waals surface area contributed by atoms with Crippen molar-refractivity contribution in [2.45, 2.75) is 38.1 Å². The van der Waals surface area contributed by atoms with E-state index in [4.69, 9.17) is 22.2 Å². The Morgan fingerprint density at radius 1 is 1.58 bits per heavy atom. The molecule has 0 radical (unpaired) electrons. The van der Waals surface area contributed by atoms with Gasteiger partial charge in [0.2, 0.25) is 0 Å². The molecule has 1 heterocycles. The van der Waals surface area contributed by atoms with Crippen molar-refractivity contribution in [3.05, 3.63) is 16.9 Å². The van der Waals surface area contributed by atoms with Crippen molar-refractivity contribution >= 4 is 23.4 Å². The summed E-state index contributed by atoms with van der Waals surface area (Å²) in [5.41, 5.74) is 3.74. The van der Waals surface area contributed by atoms with Gasteiger partial charge < -0.3 is 4.74 Å². The average Bonchev–Trinajstić information content (AvgIpc) is 2.68. The molecule has 0 aliphatic rings. The highest BCUT2D eigenvalue weighted by Crippen LogP contribution is 2.30. The van der Waals surface area contributed by atoms with Crippen LogP contribution in [0.4, 0.5) is 0 Å². The first-order valence-electron chi connectivity index (χ1n) is 6.19. The summed E-state index contributed by atoms with van der Waals surface area (Å²) in [4.78, 5) is 0. The number of rotatable bonds is 7. The molecule has 5 nitrogen and oxygen atoms in total. The van der Waals surface area contributed by atoms with Crippen LogP contribution in [-0.2, 0) is 11.3 Å². The number of nitrogens with zero attached hydrogens (tertiary/aromatic N) is 2. The third-order valence-electron chi connectivity index (χ3n) is 2.55. The highest BCUT2D eigenvalue weighted by molar-refractivity contribution is 8.00. The third kappa shape index (κ3) is 5.31. The number of ether oxygens (including phenoxy) is 1. The molecule has 0 spiro atoms. The van der Waals surface area contributed by atoms with Crippen molar-refractivity contribution in [3.63, 3.8) is 0 Å². The van der Waals surface area contributed by atoms with Crippen molar-refractivity contribution in [2.75, 3.05) is 19.5 Å². The smallest absolute Gasteiger partial charge is 0.0835 e. The Bertz CT molecular complexity index is 392. The van der Waals surface area contributed by atoms with Gasteiger partial charge in [0.15, 0.2) is 0 Å². The quantitative estimate of drug-likeness (QED) is 0.597. The fourth-order valence-corrected chi connectivity index (χ4v) is 2.81. The van der Waals surface area contributed by atoms with Gasteiger partial charge in [0.05, 0.1) is 36.1 Å². The molecule has 0 aromatic carbocycles. The fraction of sp³-hybridized carbons (Fsp3) is 0.750. The van der Waals surface area contributed by atoms with E-state index in [0.717, 1.165) is 11.4 Å². The molecule has 1 rings (SSSR count). The van der Waals surface area contributed by atoms with Gasteiger partial charge in [-0.1, -0.05) is 32.4 Å². The number of nitrogens with two attached hydrogens (primary N) is 1. The molecule has 1 atom stereocenters. The second kappa shape index (κ2) is 7.50. The molecule has 0 saturated carbocycles. The molecule has 0 saturated heterocycles. The van der Waals surface area contributed by atoms with E-state index >= 15 is 0 Å². The van der Waals surface area contributed by atoms with E-state index in [1.54, 1.807) is 13.3 Å². The normalized spacial score (nSPS) is 13.8. The lowest BCUT2D eigenvalue weighted by molar-refractivity contribution is 0.182. The summed E-state index contributed by atoms with van der Waals surface area (Å²) in [5.74, 6) is 6.50. The van der Waals surface area contributed by atoms with Crippen molar-refractivity contribution < 1.29 is 4.74 Å². The molecule has 19 heavy (non-hydrogen) atoms. The van der Waals surface area contributed by atoms with Crippen LogP contribution in [0.15, 0.2) is 6.20 Å². The van der Waals surface area contributed by atoms with E-state index in [1.165, 1.54) is 0 Å². The van der Waals surface area contributed by atoms with Crippen molar-refractivity contribution in [1.82, 2.24) is 15.2 Å². The fourth-order valence-electron chi connectivity index (χ4n) is 1.61. The zero-order chi connectivity index (χ0) is 14.5. The molecule has 0 aliphatic heterocycles. The minimum Gasteiger partial charge on any atom is -0.383 e. The summed E-state index contributed by atoms with van der Waals surface area (Å²) < 4.78 is 7.10. The molecule has 3 N–H and O–H groups in total. The van der Waals surface area contributed by atoms with Crippen molar-refractivity contribution in [1.29, 1.82) is 0 Å². The van der Waals surface area contributed by atoms with Gasteiger partial charge in [-0.3, -0.25) is 16.0 Å². The molecule has 0 aliphatic carbocycles. The van der Waals surface area contributed by atoms with Gasteiger partial charge in [0.1, 0.15) is 0 Å². The van der Waals surface area contributed by atoms with Crippen LogP contribution < -0.4 is 11.3 Å². The molecular weight excluding hydrogens is 284 g/mol. The number of halogens is 1. The number of nitrogens with one attached hydrogen (secondary N) is 1. The maximum absolute atomic E-state index is 6.22. The number of hydrogen-bond acceptors (Lipinski definition) is 5. The molecule has 1 aromatic rings. The average molecular weight is 307 g/mol. The zero-order valence-electron chi connectivity index (χ0n) is 11.9. The number of methoxy groups -OCH3 is 1. The van der Waals surface area contributed by atoms with Crippen molar-refractivity contribution in [2.24, 2.45) is 5.84 Å². The van der Waals surface area contributed by atoms with E-state index in [0.29, 0.717) is 18.2 Å². The maximum Gasteiger partial charge on any atom is 0.0835 e. The Balaban J connectivity index is 2.81. The maximum atomic E-state index is 6.22. The lowest BCUT2D eigenvalue weighted by Crippen LogP contribution is -2.33. The Kier molecular flexibility index (Phi) is 6.62. The predicted octanol–water partition coefficient (Wildman–Crippen LogP) is 2.22. The zero-order valence-corrected chi connectivity index (χ0v) is 13.5. The highest BCUT2D eigenvalue weighted by atomic mass is 35.5. The van der Waals surface area contributed by atoms with E-state index in [2.05, 4.69) is 31.3 Å². The third-order valence-corrected chi connectivity index (χ3v) is 4.21. The van der Waals surface area contributed by atoms with Crippen LogP contribution in [0.2, 0.25) is 5.02 Å². The summed E-state index contributed by atoms with van der Waals surface area (Å²) in [6, 6.07) is -0.0314. The predicted molar refractivity (Wildman–Crippen MR) is 81.4 cm³/mol.